The van der Waals surface area contributed by atoms with Crippen molar-refractivity contribution in [1.82, 2.24) is 5.32 Å². The third-order valence-electron chi connectivity index (χ3n) is 3.60. The molecule has 0 unspecified atom stereocenters. The van der Waals surface area contributed by atoms with Gasteiger partial charge in [-0.15, -0.1) is 0 Å². The van der Waals surface area contributed by atoms with Crippen molar-refractivity contribution in [3.63, 3.8) is 0 Å². The van der Waals surface area contributed by atoms with Crippen LogP contribution in [-0.4, -0.2) is 17.9 Å². The van der Waals surface area contributed by atoms with Gasteiger partial charge >= 0.3 is 0 Å². The molecule has 4 N–H and O–H groups in total. The Labute approximate surface area is 152 Å². The van der Waals surface area contributed by atoms with Gasteiger partial charge in [-0.05, 0) is 50.1 Å². The molecule has 132 valence electrons. The number of nitrogens with two attached hydrogens (primary N) is 1. The fourth-order valence-corrected chi connectivity index (χ4v) is 2.55. The molecule has 0 radical (unpaired) electrons. The normalized spacial score (nSPS) is 10.6. The maximum absolute atomic E-state index is 12.3. The zero-order chi connectivity index (χ0) is 18.4. The Hall–Kier alpha value is -2.53. The van der Waals surface area contributed by atoms with Crippen LogP contribution >= 0.6 is 11.6 Å². The first-order valence-electron chi connectivity index (χ1n) is 8.10. The van der Waals surface area contributed by atoms with Gasteiger partial charge in [0.15, 0.2) is 0 Å². The maximum atomic E-state index is 12.3. The van der Waals surface area contributed by atoms with Gasteiger partial charge in [0.2, 0.25) is 5.91 Å². The molecule has 2 aromatic carbocycles. The predicted octanol–water partition coefficient (Wildman–Crippen LogP) is 3.63. The summed E-state index contributed by atoms with van der Waals surface area (Å²) in [4.78, 5) is 24.5. The molecule has 0 saturated heterocycles. The zero-order valence-corrected chi connectivity index (χ0v) is 15.1. The fraction of sp³-hybridized carbons (Fsp3) is 0.263. The molecule has 25 heavy (non-hydrogen) atoms. The maximum Gasteiger partial charge on any atom is 0.253 e. The van der Waals surface area contributed by atoms with E-state index in [9.17, 15) is 9.59 Å². The summed E-state index contributed by atoms with van der Waals surface area (Å²) in [5.41, 5.74) is 8.25. The molecule has 5 nitrogen and oxygen atoms in total. The van der Waals surface area contributed by atoms with Crippen LogP contribution in [0.15, 0.2) is 42.5 Å². The van der Waals surface area contributed by atoms with Crippen molar-refractivity contribution >= 4 is 34.8 Å². The number of halogens is 1. The third kappa shape index (κ3) is 5.50. The summed E-state index contributed by atoms with van der Waals surface area (Å²) < 4.78 is 0. The molecule has 0 aromatic heterocycles. The summed E-state index contributed by atoms with van der Waals surface area (Å²) in [5, 5.41) is 6.03. The standard InChI is InChI=1S/C19H22ClN3O2/c1-12(2)22-19(25)15-9-8-14(20)11-17(15)23-18(24)10-7-13-5-3-4-6-16(13)21/h3-6,8-9,11-12H,7,10,21H2,1-2H3,(H,22,25)(H,23,24). The van der Waals surface area contributed by atoms with Crippen molar-refractivity contribution in [1.29, 1.82) is 0 Å². The van der Waals surface area contributed by atoms with Crippen molar-refractivity contribution in [2.24, 2.45) is 0 Å². The molecule has 0 bridgehead atoms. The Balaban J connectivity index is 2.08. The minimum absolute atomic E-state index is 0.00668. The molecule has 2 aromatic rings. The van der Waals surface area contributed by atoms with Gasteiger partial charge in [-0.1, -0.05) is 29.8 Å². The molecule has 2 rings (SSSR count). The number of hydrogen-bond acceptors (Lipinski definition) is 3. The Morgan fingerprint density at radius 1 is 1.16 bits per heavy atom. The second kappa shape index (κ2) is 8.53. The molecule has 0 saturated carbocycles. The highest BCUT2D eigenvalue weighted by Crippen LogP contribution is 2.22. The van der Waals surface area contributed by atoms with Gasteiger partial charge in [-0.2, -0.15) is 0 Å². The lowest BCUT2D eigenvalue weighted by atomic mass is 10.1. The number of para-hydroxylation sites is 1. The molecule has 0 aliphatic rings. The minimum atomic E-state index is -0.255. The first kappa shape index (κ1) is 18.8. The van der Waals surface area contributed by atoms with Crippen LogP contribution in [-0.2, 0) is 11.2 Å². The summed E-state index contributed by atoms with van der Waals surface area (Å²) in [7, 11) is 0. The van der Waals surface area contributed by atoms with E-state index in [2.05, 4.69) is 10.6 Å². The summed E-state index contributed by atoms with van der Waals surface area (Å²) in [5.74, 6) is -0.460. The van der Waals surface area contributed by atoms with Crippen LogP contribution in [0, 0.1) is 0 Å². The first-order valence-corrected chi connectivity index (χ1v) is 8.48. The number of amides is 2. The average Bonchev–Trinajstić information content (AvgIpc) is 2.53. The van der Waals surface area contributed by atoms with Crippen molar-refractivity contribution < 1.29 is 9.59 Å². The van der Waals surface area contributed by atoms with E-state index in [-0.39, 0.29) is 24.3 Å². The van der Waals surface area contributed by atoms with E-state index in [0.29, 0.717) is 28.4 Å². The van der Waals surface area contributed by atoms with Gasteiger partial charge in [-0.25, -0.2) is 0 Å². The second-order valence-electron chi connectivity index (χ2n) is 6.07. The molecule has 0 fully saturated rings. The Bertz CT molecular complexity index is 775. The highest BCUT2D eigenvalue weighted by molar-refractivity contribution is 6.31. The van der Waals surface area contributed by atoms with E-state index in [0.717, 1.165) is 5.56 Å². The molecule has 0 atom stereocenters. The molecule has 6 heteroatoms. The number of carbonyl (C=O) groups excluding carboxylic acids is 2. The van der Waals surface area contributed by atoms with Crippen LogP contribution in [0.2, 0.25) is 5.02 Å². The van der Waals surface area contributed by atoms with Crippen molar-refractivity contribution in [2.45, 2.75) is 32.7 Å². The van der Waals surface area contributed by atoms with Crippen molar-refractivity contribution in [2.75, 3.05) is 11.1 Å². The molecule has 0 aliphatic heterocycles. The Morgan fingerprint density at radius 3 is 2.56 bits per heavy atom. The minimum Gasteiger partial charge on any atom is -0.399 e. The van der Waals surface area contributed by atoms with Crippen molar-refractivity contribution in [3.05, 3.63) is 58.6 Å². The van der Waals surface area contributed by atoms with Gasteiger partial charge < -0.3 is 16.4 Å². The number of benzene rings is 2. The highest BCUT2D eigenvalue weighted by atomic mass is 35.5. The highest BCUT2D eigenvalue weighted by Gasteiger charge is 2.15. The lowest BCUT2D eigenvalue weighted by Crippen LogP contribution is -2.31. The monoisotopic (exact) mass is 359 g/mol. The number of carbonyl (C=O) groups is 2. The van der Waals surface area contributed by atoms with Crippen LogP contribution in [0.3, 0.4) is 0 Å². The molecule has 0 aliphatic carbocycles. The number of nitrogens with one attached hydrogen (secondary N) is 2. The number of hydrogen-bond donors (Lipinski definition) is 3. The molecule has 0 heterocycles. The molecular weight excluding hydrogens is 338 g/mol. The van der Waals surface area contributed by atoms with E-state index in [1.54, 1.807) is 24.3 Å². The zero-order valence-electron chi connectivity index (χ0n) is 14.3. The van der Waals surface area contributed by atoms with E-state index >= 15 is 0 Å². The van der Waals surface area contributed by atoms with Gasteiger partial charge in [0.05, 0.1) is 11.3 Å². The average molecular weight is 360 g/mol. The number of nitrogen functional groups attached to an aromatic ring is 1. The summed E-state index contributed by atoms with van der Waals surface area (Å²) in [6.45, 7) is 3.74. The van der Waals surface area contributed by atoms with Crippen LogP contribution in [0.1, 0.15) is 36.2 Å². The smallest absolute Gasteiger partial charge is 0.253 e. The Morgan fingerprint density at radius 2 is 1.88 bits per heavy atom. The van der Waals surface area contributed by atoms with Gasteiger partial charge in [0.1, 0.15) is 0 Å². The predicted molar refractivity (Wildman–Crippen MR) is 102 cm³/mol. The van der Waals surface area contributed by atoms with Crippen LogP contribution < -0.4 is 16.4 Å². The lowest BCUT2D eigenvalue weighted by molar-refractivity contribution is -0.116. The third-order valence-corrected chi connectivity index (χ3v) is 3.83. The molecular formula is C19H22ClN3O2. The SMILES string of the molecule is CC(C)NC(=O)c1ccc(Cl)cc1NC(=O)CCc1ccccc1N. The number of rotatable bonds is 6. The topological polar surface area (TPSA) is 84.2 Å². The largest absolute Gasteiger partial charge is 0.399 e. The summed E-state index contributed by atoms with van der Waals surface area (Å²) in [6.07, 6.45) is 0.776. The quantitative estimate of drug-likeness (QED) is 0.688. The van der Waals surface area contributed by atoms with E-state index in [1.165, 1.54) is 0 Å². The molecule has 0 spiro atoms. The first-order chi connectivity index (χ1) is 11.9. The van der Waals surface area contributed by atoms with E-state index in [1.807, 2.05) is 32.0 Å². The summed E-state index contributed by atoms with van der Waals surface area (Å²) in [6, 6.07) is 12.2. The second-order valence-corrected chi connectivity index (χ2v) is 6.50. The number of anilines is 2. The van der Waals surface area contributed by atoms with E-state index in [4.69, 9.17) is 17.3 Å². The van der Waals surface area contributed by atoms with Crippen LogP contribution in [0.5, 0.6) is 0 Å². The lowest BCUT2D eigenvalue weighted by Gasteiger charge is -2.14. The number of aryl methyl sites for hydroxylation is 1. The van der Waals surface area contributed by atoms with Gasteiger partial charge in [0.25, 0.3) is 5.91 Å². The van der Waals surface area contributed by atoms with Crippen LogP contribution in [0.25, 0.3) is 0 Å². The van der Waals surface area contributed by atoms with Gasteiger partial charge in [-0.3, -0.25) is 9.59 Å². The molecule has 2 amide bonds. The summed E-state index contributed by atoms with van der Waals surface area (Å²) >= 11 is 6.00. The van der Waals surface area contributed by atoms with Crippen LogP contribution in [0.4, 0.5) is 11.4 Å². The Kier molecular flexibility index (Phi) is 6.42. The van der Waals surface area contributed by atoms with Gasteiger partial charge in [0, 0.05) is 23.2 Å². The fourth-order valence-electron chi connectivity index (χ4n) is 2.38. The van der Waals surface area contributed by atoms with Crippen molar-refractivity contribution in [3.8, 4) is 0 Å². The van der Waals surface area contributed by atoms with E-state index < -0.39 is 0 Å².